The van der Waals surface area contributed by atoms with E-state index in [-0.39, 0.29) is 11.7 Å². The summed E-state index contributed by atoms with van der Waals surface area (Å²) in [6.45, 7) is 8.66. The van der Waals surface area contributed by atoms with Crippen molar-refractivity contribution in [1.29, 1.82) is 0 Å². The molecule has 0 heterocycles. The van der Waals surface area contributed by atoms with Crippen LogP contribution in [0.2, 0.25) is 0 Å². The van der Waals surface area contributed by atoms with Gasteiger partial charge in [-0.2, -0.15) is 0 Å². The predicted octanol–water partition coefficient (Wildman–Crippen LogP) is 1.88. The van der Waals surface area contributed by atoms with Crippen molar-refractivity contribution in [3.8, 4) is 0 Å². The Bertz CT molecular complexity index is 315. The van der Waals surface area contributed by atoms with Crippen molar-refractivity contribution < 1.29 is 19.8 Å². The highest BCUT2D eigenvalue weighted by atomic mass is 16.4. The second-order valence-electron chi connectivity index (χ2n) is 5.28. The summed E-state index contributed by atoms with van der Waals surface area (Å²) in [5.41, 5.74) is -0.881. The summed E-state index contributed by atoms with van der Waals surface area (Å²) in [6.07, 6.45) is 1.62. The van der Waals surface area contributed by atoms with Gasteiger partial charge in [-0.05, 0) is 19.8 Å². The minimum absolute atomic E-state index is 0.00629. The number of hydrogen-bond donors (Lipinski definition) is 2. The average molecular weight is 242 g/mol. The SMILES string of the molecule is CC(C)[C@@H](O)[C@@H](C)C(=O)C(C)(C)/C=C/C(=O)O. The standard InChI is InChI=1S/C13H22O4/c1-8(2)11(16)9(3)12(17)13(4,5)7-6-10(14)15/h6-9,11,16H,1-5H3,(H,14,15)/b7-6+/t9-,11-/m1/s1. The lowest BCUT2D eigenvalue weighted by Crippen LogP contribution is -2.37. The number of carboxylic acid groups (broad SMARTS) is 1. The van der Waals surface area contributed by atoms with Crippen molar-refractivity contribution in [3.05, 3.63) is 12.2 Å². The maximum Gasteiger partial charge on any atom is 0.328 e. The number of allylic oxidation sites excluding steroid dienone is 1. The molecule has 0 aliphatic carbocycles. The fourth-order valence-corrected chi connectivity index (χ4v) is 1.68. The van der Waals surface area contributed by atoms with Crippen LogP contribution in [0.5, 0.6) is 0 Å². The molecule has 0 unspecified atom stereocenters. The zero-order valence-corrected chi connectivity index (χ0v) is 11.1. The van der Waals surface area contributed by atoms with Gasteiger partial charge in [0, 0.05) is 17.4 Å². The molecular weight excluding hydrogens is 220 g/mol. The third-order valence-corrected chi connectivity index (χ3v) is 2.89. The topological polar surface area (TPSA) is 74.6 Å². The molecule has 2 N–H and O–H groups in total. The Kier molecular flexibility index (Phi) is 5.55. The first-order chi connectivity index (χ1) is 7.59. The number of rotatable bonds is 6. The van der Waals surface area contributed by atoms with Crippen LogP contribution >= 0.6 is 0 Å². The van der Waals surface area contributed by atoms with E-state index < -0.39 is 23.4 Å². The van der Waals surface area contributed by atoms with Crippen LogP contribution in [-0.2, 0) is 9.59 Å². The van der Waals surface area contributed by atoms with Gasteiger partial charge in [-0.3, -0.25) is 4.79 Å². The summed E-state index contributed by atoms with van der Waals surface area (Å²) < 4.78 is 0. The molecule has 0 aliphatic heterocycles. The zero-order chi connectivity index (χ0) is 13.8. The van der Waals surface area contributed by atoms with E-state index in [1.54, 1.807) is 20.8 Å². The number of carbonyl (C=O) groups is 2. The molecule has 0 aliphatic rings. The van der Waals surface area contributed by atoms with E-state index in [2.05, 4.69) is 0 Å². The van der Waals surface area contributed by atoms with E-state index in [0.29, 0.717) is 0 Å². The Morgan fingerprint density at radius 3 is 2.00 bits per heavy atom. The van der Waals surface area contributed by atoms with E-state index in [1.165, 1.54) is 6.08 Å². The lowest BCUT2D eigenvalue weighted by atomic mass is 9.77. The van der Waals surface area contributed by atoms with Gasteiger partial charge in [-0.25, -0.2) is 4.79 Å². The molecule has 0 saturated heterocycles. The second-order valence-corrected chi connectivity index (χ2v) is 5.28. The quantitative estimate of drug-likeness (QED) is 0.697. The van der Waals surface area contributed by atoms with E-state index in [1.807, 2.05) is 13.8 Å². The van der Waals surface area contributed by atoms with Crippen molar-refractivity contribution >= 4 is 11.8 Å². The van der Waals surface area contributed by atoms with Crippen LogP contribution < -0.4 is 0 Å². The summed E-state index contributed by atoms with van der Waals surface area (Å²) in [4.78, 5) is 22.6. The first-order valence-corrected chi connectivity index (χ1v) is 5.74. The molecule has 0 bridgehead atoms. The number of aliphatic carboxylic acids is 1. The van der Waals surface area contributed by atoms with Crippen LogP contribution in [0.15, 0.2) is 12.2 Å². The molecule has 0 spiro atoms. The normalized spacial score (nSPS) is 16.2. The molecule has 0 aromatic rings. The minimum atomic E-state index is -1.08. The monoisotopic (exact) mass is 242 g/mol. The van der Waals surface area contributed by atoms with Gasteiger partial charge in [0.1, 0.15) is 5.78 Å². The summed E-state index contributed by atoms with van der Waals surface area (Å²) in [5.74, 6) is -1.75. The number of aliphatic hydroxyl groups is 1. The highest BCUT2D eigenvalue weighted by Crippen LogP contribution is 2.26. The third kappa shape index (κ3) is 4.69. The molecule has 0 rings (SSSR count). The molecule has 4 nitrogen and oxygen atoms in total. The second kappa shape index (κ2) is 5.96. The Hall–Kier alpha value is -1.16. The van der Waals surface area contributed by atoms with Gasteiger partial charge in [-0.15, -0.1) is 0 Å². The van der Waals surface area contributed by atoms with Gasteiger partial charge >= 0.3 is 5.97 Å². The minimum Gasteiger partial charge on any atom is -0.478 e. The van der Waals surface area contributed by atoms with Crippen molar-refractivity contribution in [2.45, 2.75) is 40.7 Å². The Labute approximate surface area is 102 Å². The Morgan fingerprint density at radius 1 is 1.18 bits per heavy atom. The van der Waals surface area contributed by atoms with Crippen molar-refractivity contribution in [2.75, 3.05) is 0 Å². The molecule has 0 radical (unpaired) electrons. The molecule has 0 aromatic carbocycles. The molecule has 4 heteroatoms. The maximum absolute atomic E-state index is 12.1. The lowest BCUT2D eigenvalue weighted by Gasteiger charge is -2.28. The molecule has 0 saturated carbocycles. The maximum atomic E-state index is 12.1. The number of ketones is 1. The van der Waals surface area contributed by atoms with Gasteiger partial charge in [0.05, 0.1) is 6.10 Å². The number of hydrogen-bond acceptors (Lipinski definition) is 3. The van der Waals surface area contributed by atoms with Crippen molar-refractivity contribution in [1.82, 2.24) is 0 Å². The first-order valence-electron chi connectivity index (χ1n) is 5.74. The van der Waals surface area contributed by atoms with Crippen LogP contribution in [0.25, 0.3) is 0 Å². The van der Waals surface area contributed by atoms with E-state index in [9.17, 15) is 14.7 Å². The van der Waals surface area contributed by atoms with Crippen molar-refractivity contribution in [3.63, 3.8) is 0 Å². The lowest BCUT2D eigenvalue weighted by molar-refractivity contribution is -0.133. The Morgan fingerprint density at radius 2 is 1.65 bits per heavy atom. The molecule has 0 amide bonds. The highest BCUT2D eigenvalue weighted by molar-refractivity contribution is 5.90. The molecule has 0 fully saturated rings. The number of Topliss-reactive ketones (excluding diaryl/α,β-unsaturated/α-hetero) is 1. The van der Waals surface area contributed by atoms with Crippen LogP contribution in [0.4, 0.5) is 0 Å². The Balaban J connectivity index is 4.85. The third-order valence-electron chi connectivity index (χ3n) is 2.89. The molecule has 2 atom stereocenters. The molecular formula is C13H22O4. The average Bonchev–Trinajstić information content (AvgIpc) is 2.23. The summed E-state index contributed by atoms with van der Waals surface area (Å²) in [7, 11) is 0. The van der Waals surface area contributed by atoms with Crippen LogP contribution in [0.3, 0.4) is 0 Å². The summed E-state index contributed by atoms with van der Waals surface area (Å²) in [5, 5.41) is 18.4. The predicted molar refractivity (Wildman–Crippen MR) is 65.6 cm³/mol. The molecule has 0 aromatic heterocycles. The largest absolute Gasteiger partial charge is 0.478 e. The van der Waals surface area contributed by atoms with Gasteiger partial charge in [-0.1, -0.05) is 26.8 Å². The van der Waals surface area contributed by atoms with Crippen molar-refractivity contribution in [2.24, 2.45) is 17.3 Å². The smallest absolute Gasteiger partial charge is 0.328 e. The number of carboxylic acids is 1. The van der Waals surface area contributed by atoms with Crippen LogP contribution in [0, 0.1) is 17.3 Å². The fourth-order valence-electron chi connectivity index (χ4n) is 1.68. The van der Waals surface area contributed by atoms with Gasteiger partial charge in [0.25, 0.3) is 0 Å². The van der Waals surface area contributed by atoms with E-state index >= 15 is 0 Å². The van der Waals surface area contributed by atoms with Crippen LogP contribution in [-0.4, -0.2) is 28.1 Å². The summed E-state index contributed by atoms with van der Waals surface area (Å²) in [6, 6.07) is 0. The first kappa shape index (κ1) is 15.8. The molecule has 17 heavy (non-hydrogen) atoms. The summed E-state index contributed by atoms with van der Waals surface area (Å²) >= 11 is 0. The van der Waals surface area contributed by atoms with Gasteiger partial charge < -0.3 is 10.2 Å². The zero-order valence-electron chi connectivity index (χ0n) is 11.1. The van der Waals surface area contributed by atoms with E-state index in [0.717, 1.165) is 6.08 Å². The number of aliphatic hydroxyl groups excluding tert-OH is 1. The molecule has 98 valence electrons. The van der Waals surface area contributed by atoms with Crippen LogP contribution in [0.1, 0.15) is 34.6 Å². The highest BCUT2D eigenvalue weighted by Gasteiger charge is 2.33. The van der Waals surface area contributed by atoms with Gasteiger partial charge in [0.2, 0.25) is 0 Å². The van der Waals surface area contributed by atoms with Gasteiger partial charge in [0.15, 0.2) is 0 Å². The fraction of sp³-hybridized carbons (Fsp3) is 0.692. The number of carbonyl (C=O) groups excluding carboxylic acids is 1. The van der Waals surface area contributed by atoms with E-state index in [4.69, 9.17) is 5.11 Å².